The van der Waals surface area contributed by atoms with Crippen molar-refractivity contribution >= 4 is 35.3 Å². The zero-order chi connectivity index (χ0) is 15.3. The number of aryl methyl sites for hydroxylation is 1. The number of piperidine rings is 1. The number of nitrogens with zero attached hydrogens (tertiary/aromatic N) is 3. The van der Waals surface area contributed by atoms with E-state index in [-0.39, 0.29) is 24.0 Å². The highest BCUT2D eigenvalue weighted by Crippen LogP contribution is 2.49. The first-order chi connectivity index (χ1) is 10.6. The molecule has 1 fully saturated rings. The van der Waals surface area contributed by atoms with Crippen LogP contribution in [0, 0.1) is 0 Å². The van der Waals surface area contributed by atoms with Crippen LogP contribution in [-0.2, 0) is 23.8 Å². The van der Waals surface area contributed by atoms with E-state index in [1.807, 2.05) is 13.2 Å². The van der Waals surface area contributed by atoms with Crippen LogP contribution < -0.4 is 5.32 Å². The van der Waals surface area contributed by atoms with Gasteiger partial charge >= 0.3 is 0 Å². The maximum absolute atomic E-state index is 6.33. The Kier molecular flexibility index (Phi) is 4.73. The first kappa shape index (κ1) is 17.2. The summed E-state index contributed by atoms with van der Waals surface area (Å²) in [5.41, 5.74) is 2.10. The minimum atomic E-state index is -0.238. The van der Waals surface area contributed by atoms with E-state index in [1.54, 1.807) is 16.0 Å². The van der Waals surface area contributed by atoms with E-state index < -0.39 is 0 Å². The predicted molar refractivity (Wildman–Crippen MR) is 93.5 cm³/mol. The molecule has 4 heterocycles. The summed E-state index contributed by atoms with van der Waals surface area (Å²) in [7, 11) is 1.90. The fourth-order valence-electron chi connectivity index (χ4n) is 3.78. The molecule has 3 atom stereocenters. The second kappa shape index (κ2) is 6.33. The van der Waals surface area contributed by atoms with Crippen molar-refractivity contribution < 1.29 is 4.74 Å². The summed E-state index contributed by atoms with van der Waals surface area (Å²) in [5, 5.41) is 12.0. The molecule has 0 radical (unpaired) electrons. The number of nitrogens with one attached hydrogen (secondary N) is 1. The fraction of sp³-hybridized carbons (Fsp3) is 0.600. The van der Waals surface area contributed by atoms with Crippen molar-refractivity contribution in [1.29, 1.82) is 0 Å². The van der Waals surface area contributed by atoms with Gasteiger partial charge in [0.2, 0.25) is 0 Å². The lowest BCUT2D eigenvalue weighted by Gasteiger charge is -2.45. The van der Waals surface area contributed by atoms with Crippen LogP contribution in [0.15, 0.2) is 12.3 Å². The van der Waals surface area contributed by atoms with Gasteiger partial charge in [0.05, 0.1) is 22.7 Å². The summed E-state index contributed by atoms with van der Waals surface area (Å²) in [6.07, 6.45) is 4.78. The third-order valence-electron chi connectivity index (χ3n) is 4.58. The second-order valence-corrected chi connectivity index (χ2v) is 8.03. The Balaban J connectivity index is 0.00000156. The van der Waals surface area contributed by atoms with Crippen LogP contribution in [0.25, 0.3) is 0 Å². The van der Waals surface area contributed by atoms with E-state index >= 15 is 0 Å². The molecule has 0 saturated carbocycles. The standard InChI is InChI=1S/C15H19ClN4OS.ClH/c1-9-6-15(7-11(17-9)12-8-20(2)19-18-12)14-10(3-4-21-15)5-13(16)22-14;/h5,8-9,11,17H,3-4,6-7H2,1-2H3;1H. The van der Waals surface area contributed by atoms with Crippen molar-refractivity contribution in [2.45, 2.75) is 43.9 Å². The fourth-order valence-corrected chi connectivity index (χ4v) is 5.24. The van der Waals surface area contributed by atoms with Gasteiger partial charge in [0, 0.05) is 30.6 Å². The zero-order valence-corrected chi connectivity index (χ0v) is 15.5. The number of aromatic nitrogens is 3. The molecule has 2 aliphatic rings. The van der Waals surface area contributed by atoms with Gasteiger partial charge in [-0.25, -0.2) is 0 Å². The quantitative estimate of drug-likeness (QED) is 0.832. The molecule has 1 spiro atoms. The third-order valence-corrected chi connectivity index (χ3v) is 6.07. The van der Waals surface area contributed by atoms with Crippen LogP contribution in [0.3, 0.4) is 0 Å². The van der Waals surface area contributed by atoms with Gasteiger partial charge in [-0.15, -0.1) is 28.8 Å². The van der Waals surface area contributed by atoms with E-state index in [1.165, 1.54) is 10.4 Å². The van der Waals surface area contributed by atoms with Gasteiger partial charge in [0.25, 0.3) is 0 Å². The Labute approximate surface area is 150 Å². The van der Waals surface area contributed by atoms with Crippen LogP contribution >= 0.6 is 35.3 Å². The zero-order valence-electron chi connectivity index (χ0n) is 13.1. The molecule has 4 rings (SSSR count). The van der Waals surface area contributed by atoms with E-state index in [9.17, 15) is 0 Å². The average Bonchev–Trinajstić information content (AvgIpc) is 3.04. The largest absolute Gasteiger partial charge is 0.369 e. The summed E-state index contributed by atoms with van der Waals surface area (Å²) < 4.78 is 8.94. The van der Waals surface area contributed by atoms with E-state index in [4.69, 9.17) is 16.3 Å². The molecule has 1 saturated heterocycles. The predicted octanol–water partition coefficient (Wildman–Crippen LogP) is 3.23. The summed E-state index contributed by atoms with van der Waals surface area (Å²) in [5.74, 6) is 0. The first-order valence-electron chi connectivity index (χ1n) is 7.61. The molecule has 1 N–H and O–H groups in total. The van der Waals surface area contributed by atoms with Gasteiger partial charge in [0.15, 0.2) is 0 Å². The highest BCUT2D eigenvalue weighted by Gasteiger charge is 2.46. The number of halogens is 2. The molecule has 0 aromatic carbocycles. The normalized spacial score (nSPS) is 30.0. The lowest BCUT2D eigenvalue weighted by atomic mass is 9.79. The van der Waals surface area contributed by atoms with Crippen LogP contribution in [0.2, 0.25) is 4.34 Å². The molecule has 8 heteroatoms. The number of thiophene rings is 1. The van der Waals surface area contributed by atoms with Crippen LogP contribution in [0.5, 0.6) is 0 Å². The van der Waals surface area contributed by atoms with Crippen molar-refractivity contribution in [2.75, 3.05) is 6.61 Å². The summed E-state index contributed by atoms with van der Waals surface area (Å²) >= 11 is 7.94. The molecule has 0 bridgehead atoms. The molecule has 2 aromatic rings. The van der Waals surface area contributed by atoms with Crippen LogP contribution in [0.4, 0.5) is 0 Å². The smallest absolute Gasteiger partial charge is 0.106 e. The molecule has 23 heavy (non-hydrogen) atoms. The van der Waals surface area contributed by atoms with E-state index in [0.29, 0.717) is 6.04 Å². The molecule has 0 aliphatic carbocycles. The van der Waals surface area contributed by atoms with Crippen LogP contribution in [0.1, 0.15) is 41.9 Å². The molecule has 5 nitrogen and oxygen atoms in total. The summed E-state index contributed by atoms with van der Waals surface area (Å²) in [6, 6.07) is 2.62. The van der Waals surface area contributed by atoms with Crippen molar-refractivity contribution in [3.63, 3.8) is 0 Å². The number of hydrogen-bond acceptors (Lipinski definition) is 5. The van der Waals surface area contributed by atoms with Gasteiger partial charge in [0.1, 0.15) is 5.60 Å². The van der Waals surface area contributed by atoms with E-state index in [0.717, 1.165) is 35.9 Å². The van der Waals surface area contributed by atoms with Gasteiger partial charge in [-0.2, -0.15) is 0 Å². The summed E-state index contributed by atoms with van der Waals surface area (Å²) in [6.45, 7) is 2.97. The Hall–Kier alpha value is -0.660. The van der Waals surface area contributed by atoms with Gasteiger partial charge in [-0.3, -0.25) is 4.68 Å². The monoisotopic (exact) mass is 374 g/mol. The lowest BCUT2D eigenvalue weighted by Crippen LogP contribution is -2.49. The number of ether oxygens (including phenoxy) is 1. The SMILES string of the molecule is CC1CC2(CC(c3cn(C)nn3)N1)OCCc1cc(Cl)sc12.Cl. The van der Waals surface area contributed by atoms with Gasteiger partial charge in [-0.05, 0) is 31.4 Å². The third kappa shape index (κ3) is 3.03. The molecule has 2 aliphatic heterocycles. The van der Waals surface area contributed by atoms with Crippen LogP contribution in [-0.4, -0.2) is 27.6 Å². The Morgan fingerprint density at radius 3 is 3.04 bits per heavy atom. The maximum Gasteiger partial charge on any atom is 0.106 e. The number of rotatable bonds is 1. The highest BCUT2D eigenvalue weighted by atomic mass is 35.5. The van der Waals surface area contributed by atoms with Crippen molar-refractivity contribution in [2.24, 2.45) is 7.05 Å². The Bertz CT molecular complexity index is 703. The number of hydrogen-bond donors (Lipinski definition) is 1. The summed E-state index contributed by atoms with van der Waals surface area (Å²) in [4.78, 5) is 1.31. The lowest BCUT2D eigenvalue weighted by molar-refractivity contribution is -0.0957. The minimum Gasteiger partial charge on any atom is -0.369 e. The Morgan fingerprint density at radius 1 is 1.48 bits per heavy atom. The molecular weight excluding hydrogens is 355 g/mol. The maximum atomic E-state index is 6.33. The van der Waals surface area contributed by atoms with Crippen molar-refractivity contribution in [1.82, 2.24) is 20.3 Å². The average molecular weight is 375 g/mol. The van der Waals surface area contributed by atoms with Gasteiger partial charge < -0.3 is 10.1 Å². The molecule has 3 unspecified atom stereocenters. The topological polar surface area (TPSA) is 52.0 Å². The number of fused-ring (bicyclic) bond motifs is 2. The van der Waals surface area contributed by atoms with Crippen molar-refractivity contribution in [3.8, 4) is 0 Å². The second-order valence-electron chi connectivity index (χ2n) is 6.34. The van der Waals surface area contributed by atoms with E-state index in [2.05, 4.69) is 28.6 Å². The van der Waals surface area contributed by atoms with Crippen molar-refractivity contribution in [3.05, 3.63) is 32.7 Å². The molecule has 126 valence electrons. The molecular formula is C15H20Cl2N4OS. The minimum absolute atomic E-state index is 0. The molecule has 2 aromatic heterocycles. The highest BCUT2D eigenvalue weighted by molar-refractivity contribution is 7.16. The Morgan fingerprint density at radius 2 is 2.30 bits per heavy atom. The molecule has 0 amide bonds. The van der Waals surface area contributed by atoms with Gasteiger partial charge in [-0.1, -0.05) is 16.8 Å². The first-order valence-corrected chi connectivity index (χ1v) is 8.80.